The minimum Gasteiger partial charge on any atom is -0.382 e. The van der Waals surface area contributed by atoms with Crippen molar-refractivity contribution in [1.82, 2.24) is 9.55 Å². The Morgan fingerprint density at radius 1 is 1.48 bits per heavy atom. The molecule has 0 spiro atoms. The molecule has 1 atom stereocenters. The molecule has 0 fully saturated rings. The number of ether oxygens (including phenoxy) is 1. The van der Waals surface area contributed by atoms with Crippen molar-refractivity contribution in [3.8, 4) is 0 Å². The van der Waals surface area contributed by atoms with Crippen molar-refractivity contribution in [2.24, 2.45) is 0 Å². The van der Waals surface area contributed by atoms with Gasteiger partial charge in [-0.2, -0.15) is 0 Å². The molecule has 4 nitrogen and oxygen atoms in total. The van der Waals surface area contributed by atoms with E-state index >= 15 is 0 Å². The molecule has 6 heteroatoms. The monoisotopic (exact) mass is 327 g/mol. The molecule has 0 radical (unpaired) electrons. The second-order valence-electron chi connectivity index (χ2n) is 4.91. The topological polar surface area (TPSA) is 39.1 Å². The van der Waals surface area contributed by atoms with Gasteiger partial charge in [0.15, 0.2) is 0 Å². The smallest absolute Gasteiger partial charge is 0.203 e. The van der Waals surface area contributed by atoms with Gasteiger partial charge in [-0.25, -0.2) is 4.98 Å². The van der Waals surface area contributed by atoms with Crippen LogP contribution in [-0.4, -0.2) is 29.3 Å². The van der Waals surface area contributed by atoms with Crippen LogP contribution in [0.4, 0.5) is 5.95 Å². The van der Waals surface area contributed by atoms with Crippen molar-refractivity contribution in [2.45, 2.75) is 33.2 Å². The van der Waals surface area contributed by atoms with Crippen LogP contribution in [0.25, 0.3) is 0 Å². The van der Waals surface area contributed by atoms with Gasteiger partial charge in [0, 0.05) is 30.8 Å². The molecule has 0 aliphatic rings. The average molecular weight is 328 g/mol. The quantitative estimate of drug-likeness (QED) is 0.732. The molecule has 2 aromatic heterocycles. The van der Waals surface area contributed by atoms with Gasteiger partial charge < -0.3 is 14.6 Å². The van der Waals surface area contributed by atoms with Crippen molar-refractivity contribution < 1.29 is 4.74 Å². The Bertz CT molecular complexity index is 567. The SMILES string of the molecule is CCOCCCNc1nc(C)cn1C(C)c1ccc(Cl)s1. The molecule has 21 heavy (non-hydrogen) atoms. The van der Waals surface area contributed by atoms with Crippen LogP contribution in [0, 0.1) is 6.92 Å². The number of anilines is 1. The number of hydrogen-bond donors (Lipinski definition) is 1. The van der Waals surface area contributed by atoms with Gasteiger partial charge in [0.1, 0.15) is 0 Å². The maximum Gasteiger partial charge on any atom is 0.203 e. The molecule has 0 saturated carbocycles. The van der Waals surface area contributed by atoms with Crippen LogP contribution in [0.1, 0.15) is 36.9 Å². The summed E-state index contributed by atoms with van der Waals surface area (Å²) in [6.07, 6.45) is 3.04. The Labute approximate surface area is 135 Å². The van der Waals surface area contributed by atoms with Crippen LogP contribution in [0.2, 0.25) is 4.34 Å². The number of imidazole rings is 1. The lowest BCUT2D eigenvalue weighted by Gasteiger charge is -2.15. The Morgan fingerprint density at radius 2 is 2.29 bits per heavy atom. The zero-order valence-corrected chi connectivity index (χ0v) is 14.3. The third kappa shape index (κ3) is 4.46. The fourth-order valence-electron chi connectivity index (χ4n) is 2.15. The lowest BCUT2D eigenvalue weighted by atomic mass is 10.3. The molecule has 116 valence electrons. The molecule has 0 amide bonds. The lowest BCUT2D eigenvalue weighted by molar-refractivity contribution is 0.147. The molecule has 0 bridgehead atoms. The van der Waals surface area contributed by atoms with Crippen molar-refractivity contribution in [3.63, 3.8) is 0 Å². The number of nitrogens with one attached hydrogen (secondary N) is 1. The van der Waals surface area contributed by atoms with E-state index < -0.39 is 0 Å². The summed E-state index contributed by atoms with van der Waals surface area (Å²) >= 11 is 7.65. The summed E-state index contributed by atoms with van der Waals surface area (Å²) in [5, 5.41) is 3.39. The predicted octanol–water partition coefficient (Wildman–Crippen LogP) is 4.35. The van der Waals surface area contributed by atoms with Gasteiger partial charge in [-0.1, -0.05) is 11.6 Å². The van der Waals surface area contributed by atoms with E-state index in [0.717, 1.165) is 42.2 Å². The zero-order valence-electron chi connectivity index (χ0n) is 12.7. The number of hydrogen-bond acceptors (Lipinski definition) is 4. The molecule has 0 aliphatic heterocycles. The highest BCUT2D eigenvalue weighted by Crippen LogP contribution is 2.31. The van der Waals surface area contributed by atoms with Gasteiger partial charge in [0.05, 0.1) is 16.1 Å². The Morgan fingerprint density at radius 3 is 2.95 bits per heavy atom. The fraction of sp³-hybridized carbons (Fsp3) is 0.533. The van der Waals surface area contributed by atoms with E-state index in [-0.39, 0.29) is 6.04 Å². The highest BCUT2D eigenvalue weighted by molar-refractivity contribution is 7.16. The number of nitrogens with zero attached hydrogens (tertiary/aromatic N) is 2. The van der Waals surface area contributed by atoms with Crippen LogP contribution in [0.3, 0.4) is 0 Å². The number of aryl methyl sites for hydroxylation is 1. The van der Waals surface area contributed by atoms with Crippen LogP contribution < -0.4 is 5.32 Å². The fourth-order valence-corrected chi connectivity index (χ4v) is 3.26. The van der Waals surface area contributed by atoms with Gasteiger partial charge in [-0.3, -0.25) is 0 Å². The van der Waals surface area contributed by atoms with E-state index in [9.17, 15) is 0 Å². The van der Waals surface area contributed by atoms with E-state index in [0.29, 0.717) is 0 Å². The Kier molecular flexibility index (Phi) is 6.08. The van der Waals surface area contributed by atoms with Crippen LogP contribution in [0.15, 0.2) is 18.3 Å². The normalized spacial score (nSPS) is 12.6. The molecular formula is C15H22ClN3OS. The Balaban J connectivity index is 2.02. The second kappa shape index (κ2) is 7.82. The van der Waals surface area contributed by atoms with Gasteiger partial charge in [-0.15, -0.1) is 11.3 Å². The predicted molar refractivity (Wildman–Crippen MR) is 89.7 cm³/mol. The first-order chi connectivity index (χ1) is 10.1. The maximum absolute atomic E-state index is 6.03. The molecule has 2 aromatic rings. The van der Waals surface area contributed by atoms with Crippen LogP contribution in [-0.2, 0) is 4.74 Å². The zero-order chi connectivity index (χ0) is 15.2. The average Bonchev–Trinajstić information content (AvgIpc) is 3.04. The molecule has 0 aliphatic carbocycles. The third-order valence-electron chi connectivity index (χ3n) is 3.23. The van der Waals surface area contributed by atoms with Gasteiger partial charge in [-0.05, 0) is 39.3 Å². The standard InChI is InChI=1S/C15H22ClN3OS/c1-4-20-9-5-8-17-15-18-11(2)10-19(15)12(3)13-6-7-14(16)21-13/h6-7,10,12H,4-5,8-9H2,1-3H3,(H,17,18). The summed E-state index contributed by atoms with van der Waals surface area (Å²) in [6.45, 7) is 8.58. The lowest BCUT2D eigenvalue weighted by Crippen LogP contribution is -2.13. The molecule has 0 aromatic carbocycles. The highest BCUT2D eigenvalue weighted by Gasteiger charge is 2.15. The maximum atomic E-state index is 6.03. The third-order valence-corrected chi connectivity index (χ3v) is 4.63. The van der Waals surface area contributed by atoms with E-state index in [1.54, 1.807) is 11.3 Å². The molecule has 2 rings (SSSR count). The minimum atomic E-state index is 0.220. The molecule has 1 N–H and O–H groups in total. The van der Waals surface area contributed by atoms with E-state index in [1.807, 2.05) is 19.9 Å². The van der Waals surface area contributed by atoms with Crippen molar-refractivity contribution in [1.29, 1.82) is 0 Å². The van der Waals surface area contributed by atoms with E-state index in [4.69, 9.17) is 16.3 Å². The number of rotatable bonds is 8. The summed E-state index contributed by atoms with van der Waals surface area (Å²) in [4.78, 5) is 5.80. The molecule has 2 heterocycles. The molecule has 0 saturated heterocycles. The van der Waals surface area contributed by atoms with Crippen LogP contribution >= 0.6 is 22.9 Å². The summed E-state index contributed by atoms with van der Waals surface area (Å²) in [5.74, 6) is 0.904. The number of aromatic nitrogens is 2. The first-order valence-electron chi connectivity index (χ1n) is 7.24. The van der Waals surface area contributed by atoms with Gasteiger partial charge in [0.2, 0.25) is 5.95 Å². The van der Waals surface area contributed by atoms with Crippen LogP contribution in [0.5, 0.6) is 0 Å². The number of halogens is 1. The summed E-state index contributed by atoms with van der Waals surface area (Å²) < 4.78 is 8.33. The molecule has 1 unspecified atom stereocenters. The summed E-state index contributed by atoms with van der Waals surface area (Å²) in [7, 11) is 0. The first-order valence-corrected chi connectivity index (χ1v) is 8.43. The summed E-state index contributed by atoms with van der Waals surface area (Å²) in [6, 6.07) is 4.24. The van der Waals surface area contributed by atoms with Crippen molar-refractivity contribution in [2.75, 3.05) is 25.1 Å². The van der Waals surface area contributed by atoms with Crippen molar-refractivity contribution >= 4 is 28.9 Å². The van der Waals surface area contributed by atoms with Gasteiger partial charge >= 0.3 is 0 Å². The second-order valence-corrected chi connectivity index (χ2v) is 6.65. The van der Waals surface area contributed by atoms with E-state index in [1.165, 1.54) is 4.88 Å². The largest absolute Gasteiger partial charge is 0.382 e. The summed E-state index contributed by atoms with van der Waals surface area (Å²) in [5.41, 5.74) is 1.01. The minimum absolute atomic E-state index is 0.220. The first kappa shape index (κ1) is 16.3. The number of thiophene rings is 1. The Hall–Kier alpha value is -1.04. The highest BCUT2D eigenvalue weighted by atomic mass is 35.5. The van der Waals surface area contributed by atoms with Crippen molar-refractivity contribution in [3.05, 3.63) is 33.2 Å². The molecular weight excluding hydrogens is 306 g/mol. The van der Waals surface area contributed by atoms with Gasteiger partial charge in [0.25, 0.3) is 0 Å². The van der Waals surface area contributed by atoms with E-state index in [2.05, 4.69) is 34.1 Å².